The predicted molar refractivity (Wildman–Crippen MR) is 68.4 cm³/mol. The van der Waals surface area contributed by atoms with E-state index >= 15 is 0 Å². The highest BCUT2D eigenvalue weighted by Gasteiger charge is 2.57. The number of allylic oxidation sites excluding steroid dienone is 2. The average molecular weight is 326 g/mol. The van der Waals surface area contributed by atoms with Crippen molar-refractivity contribution in [1.82, 2.24) is 0 Å². The maximum Gasteiger partial charge on any atom is 0.00924 e. The van der Waals surface area contributed by atoms with E-state index < -0.39 is 0 Å². The van der Waals surface area contributed by atoms with E-state index in [0.29, 0.717) is 0 Å². The number of rotatable bonds is 0. The molecule has 0 amide bonds. The fourth-order valence-electron chi connectivity index (χ4n) is 3.79. The Bertz CT molecular complexity index is 446. The third kappa shape index (κ3) is 0.898. The van der Waals surface area contributed by atoms with Gasteiger partial charge in [-0.15, -0.1) is 0 Å². The van der Waals surface area contributed by atoms with Crippen molar-refractivity contribution < 1.29 is 0 Å². The largest absolute Gasteiger partial charge is 0.0620 e. The van der Waals surface area contributed by atoms with Gasteiger partial charge >= 0.3 is 0 Å². The quantitative estimate of drug-likeness (QED) is 0.658. The first kappa shape index (κ1) is 9.00. The summed E-state index contributed by atoms with van der Waals surface area (Å²) in [5.41, 5.74) is 3.21. The summed E-state index contributed by atoms with van der Waals surface area (Å²) >= 11 is 7.49. The smallest absolute Gasteiger partial charge is 0.00924 e. The first-order chi connectivity index (χ1) is 7.29. The van der Waals surface area contributed by atoms with Crippen LogP contribution in [0.2, 0.25) is 0 Å². The molecule has 0 radical (unpaired) electrons. The number of hydrogen-bond donors (Lipinski definition) is 0. The SMILES string of the molecule is BrC1=C(Br)[C@@H]2C[C@H]1[C@@H]1c3ccccc3[C@@H]12. The highest BCUT2D eigenvalue weighted by Crippen LogP contribution is 2.70. The molecule has 0 nitrogen and oxygen atoms in total. The fraction of sp³-hybridized carbons (Fsp3) is 0.385. The minimum Gasteiger partial charge on any atom is -0.0620 e. The number of benzene rings is 1. The van der Waals surface area contributed by atoms with E-state index in [1.165, 1.54) is 15.4 Å². The third-order valence-corrected chi connectivity index (χ3v) is 6.92. The molecule has 1 aromatic carbocycles. The molecular weight excluding hydrogens is 316 g/mol. The van der Waals surface area contributed by atoms with Gasteiger partial charge in [0.15, 0.2) is 0 Å². The second kappa shape index (κ2) is 2.78. The molecule has 1 aromatic rings. The van der Waals surface area contributed by atoms with E-state index in [4.69, 9.17) is 0 Å². The van der Waals surface area contributed by atoms with Crippen molar-refractivity contribution in [3.05, 3.63) is 44.4 Å². The summed E-state index contributed by atoms with van der Waals surface area (Å²) in [4.78, 5) is 0. The number of fused-ring (bicyclic) bond motifs is 8. The van der Waals surface area contributed by atoms with Crippen LogP contribution < -0.4 is 0 Å². The second-order valence-electron chi connectivity index (χ2n) is 4.83. The second-order valence-corrected chi connectivity index (χ2v) is 6.53. The van der Waals surface area contributed by atoms with E-state index in [2.05, 4.69) is 56.1 Å². The molecule has 3 aliphatic carbocycles. The van der Waals surface area contributed by atoms with Crippen LogP contribution >= 0.6 is 31.9 Å². The molecular formula is C13H10Br2. The number of halogens is 2. The van der Waals surface area contributed by atoms with Gasteiger partial charge in [-0.05, 0) is 41.2 Å². The van der Waals surface area contributed by atoms with E-state index in [9.17, 15) is 0 Å². The van der Waals surface area contributed by atoms with Crippen LogP contribution in [0, 0.1) is 11.8 Å². The molecule has 0 aromatic heterocycles. The topological polar surface area (TPSA) is 0 Å². The van der Waals surface area contributed by atoms with Gasteiger partial charge in [-0.3, -0.25) is 0 Å². The van der Waals surface area contributed by atoms with E-state index in [0.717, 1.165) is 23.7 Å². The van der Waals surface area contributed by atoms with Gasteiger partial charge in [-0.25, -0.2) is 0 Å². The summed E-state index contributed by atoms with van der Waals surface area (Å²) in [6.07, 6.45) is 1.34. The van der Waals surface area contributed by atoms with Crippen LogP contribution in [0.15, 0.2) is 33.2 Å². The number of hydrogen-bond acceptors (Lipinski definition) is 0. The molecule has 0 unspecified atom stereocenters. The lowest BCUT2D eigenvalue weighted by molar-refractivity contribution is 0.438. The first-order valence-electron chi connectivity index (χ1n) is 5.43. The van der Waals surface area contributed by atoms with Crippen LogP contribution in [0.1, 0.15) is 29.4 Å². The minimum atomic E-state index is 0.754. The summed E-state index contributed by atoms with van der Waals surface area (Å²) in [6, 6.07) is 8.97. The Kier molecular flexibility index (Phi) is 1.67. The van der Waals surface area contributed by atoms with Crippen molar-refractivity contribution in [1.29, 1.82) is 0 Å². The van der Waals surface area contributed by atoms with E-state index in [-0.39, 0.29) is 0 Å². The van der Waals surface area contributed by atoms with Gasteiger partial charge < -0.3 is 0 Å². The van der Waals surface area contributed by atoms with Crippen LogP contribution in [0.5, 0.6) is 0 Å². The minimum absolute atomic E-state index is 0.754. The fourth-order valence-corrected chi connectivity index (χ4v) is 5.32. The molecule has 15 heavy (non-hydrogen) atoms. The van der Waals surface area contributed by atoms with Crippen LogP contribution in [0.4, 0.5) is 0 Å². The van der Waals surface area contributed by atoms with Crippen LogP contribution in [0.25, 0.3) is 0 Å². The van der Waals surface area contributed by atoms with Gasteiger partial charge in [0.1, 0.15) is 0 Å². The maximum atomic E-state index is 3.75. The molecule has 0 heterocycles. The molecule has 3 aliphatic rings. The molecule has 1 fully saturated rings. The zero-order chi connectivity index (χ0) is 10.2. The van der Waals surface area contributed by atoms with E-state index in [1.54, 1.807) is 11.1 Å². The zero-order valence-electron chi connectivity index (χ0n) is 8.08. The summed E-state index contributed by atoms with van der Waals surface area (Å²) < 4.78 is 2.87. The Hall–Kier alpha value is -0.0800. The first-order valence-corrected chi connectivity index (χ1v) is 7.01. The molecule has 0 spiro atoms. The average Bonchev–Trinajstić information content (AvgIpc) is 2.70. The van der Waals surface area contributed by atoms with E-state index in [1.807, 2.05) is 0 Å². The molecule has 2 heteroatoms. The Morgan fingerprint density at radius 2 is 1.33 bits per heavy atom. The summed E-state index contributed by atoms with van der Waals surface area (Å²) in [6.45, 7) is 0. The molecule has 0 saturated heterocycles. The van der Waals surface area contributed by atoms with Crippen molar-refractivity contribution in [2.24, 2.45) is 11.8 Å². The third-order valence-electron chi connectivity index (χ3n) is 4.36. The van der Waals surface area contributed by atoms with Gasteiger partial charge in [0.25, 0.3) is 0 Å². The predicted octanol–water partition coefficient (Wildman–Crippen LogP) is 4.52. The molecule has 0 aliphatic heterocycles. The Morgan fingerprint density at radius 1 is 0.867 bits per heavy atom. The Morgan fingerprint density at radius 3 is 1.80 bits per heavy atom. The van der Waals surface area contributed by atoms with Gasteiger partial charge in [-0.2, -0.15) is 0 Å². The van der Waals surface area contributed by atoms with Crippen molar-refractivity contribution in [2.45, 2.75) is 18.3 Å². The molecule has 76 valence electrons. The highest BCUT2D eigenvalue weighted by molar-refractivity contribution is 9.14. The maximum absolute atomic E-state index is 3.75. The van der Waals surface area contributed by atoms with Crippen LogP contribution in [-0.2, 0) is 0 Å². The molecule has 2 bridgehead atoms. The van der Waals surface area contributed by atoms with Crippen LogP contribution in [-0.4, -0.2) is 0 Å². The van der Waals surface area contributed by atoms with Crippen molar-refractivity contribution in [2.75, 3.05) is 0 Å². The van der Waals surface area contributed by atoms with Crippen molar-refractivity contribution in [3.8, 4) is 0 Å². The standard InChI is InChI=1S/C13H10Br2/c14-12-8-5-9(13(12)15)11-7-4-2-1-3-6(7)10(8)11/h1-4,8-11H,5H2/t8-,9+,10-,11+. The van der Waals surface area contributed by atoms with Gasteiger partial charge in [0.2, 0.25) is 0 Å². The monoisotopic (exact) mass is 324 g/mol. The van der Waals surface area contributed by atoms with Crippen molar-refractivity contribution in [3.63, 3.8) is 0 Å². The molecule has 1 saturated carbocycles. The lowest BCUT2D eigenvalue weighted by Gasteiger charge is -2.42. The lowest BCUT2D eigenvalue weighted by atomic mass is 9.63. The molecule has 0 N–H and O–H groups in total. The zero-order valence-corrected chi connectivity index (χ0v) is 11.3. The Balaban J connectivity index is 1.89. The van der Waals surface area contributed by atoms with Gasteiger partial charge in [0, 0.05) is 8.96 Å². The van der Waals surface area contributed by atoms with Gasteiger partial charge in [-0.1, -0.05) is 56.1 Å². The van der Waals surface area contributed by atoms with Gasteiger partial charge in [0.05, 0.1) is 0 Å². The summed E-state index contributed by atoms with van der Waals surface area (Å²) in [7, 11) is 0. The summed E-state index contributed by atoms with van der Waals surface area (Å²) in [5, 5.41) is 0. The Labute approximate surface area is 106 Å². The van der Waals surface area contributed by atoms with Crippen LogP contribution in [0.3, 0.4) is 0 Å². The lowest BCUT2D eigenvalue weighted by Crippen LogP contribution is -2.29. The highest BCUT2D eigenvalue weighted by atomic mass is 79.9. The normalized spacial score (nSPS) is 40.1. The molecule has 4 atom stereocenters. The van der Waals surface area contributed by atoms with Crippen molar-refractivity contribution >= 4 is 31.9 Å². The molecule has 4 rings (SSSR count). The summed E-state index contributed by atoms with van der Waals surface area (Å²) in [5.74, 6) is 3.12.